The van der Waals surface area contributed by atoms with Gasteiger partial charge in [0.15, 0.2) is 21.7 Å². The predicted molar refractivity (Wildman–Crippen MR) is 432 cm³/mol. The zero-order valence-corrected chi connectivity index (χ0v) is 65.2. The summed E-state index contributed by atoms with van der Waals surface area (Å²) in [7, 11) is 0. The lowest BCUT2D eigenvalue weighted by atomic mass is 10.0. The number of ketones is 1. The number of benzene rings is 4. The van der Waals surface area contributed by atoms with E-state index < -0.39 is 34.8 Å². The molecule has 0 aliphatic carbocycles. The first-order valence-electron chi connectivity index (χ1n) is 33.6. The van der Waals surface area contributed by atoms with Crippen LogP contribution in [0.5, 0.6) is 34.9 Å². The van der Waals surface area contributed by atoms with Crippen LogP contribution in [0.3, 0.4) is 0 Å². The molecule has 1 unspecified atom stereocenters. The molecule has 0 spiro atoms. The molecule has 3 aromatic heterocycles. The van der Waals surface area contributed by atoms with Crippen LogP contribution in [0.2, 0.25) is 0 Å². The Morgan fingerprint density at radius 1 is 0.626 bits per heavy atom. The van der Waals surface area contributed by atoms with Crippen molar-refractivity contribution >= 4 is 63.6 Å². The van der Waals surface area contributed by atoms with Gasteiger partial charge in [-0.25, -0.2) is 21.1 Å². The number of anilines is 1. The number of esters is 2. The van der Waals surface area contributed by atoms with Crippen molar-refractivity contribution < 1.29 is 84.8 Å². The maximum Gasteiger partial charge on any atom is 0.387 e. The van der Waals surface area contributed by atoms with Crippen molar-refractivity contribution in [3.63, 3.8) is 0 Å². The summed E-state index contributed by atoms with van der Waals surface area (Å²) in [5, 5.41) is 141. The molecule has 0 aliphatic heterocycles. The number of Topliss-reactive ketones (excluding diaryl/α,β-unsaturated/α-hetero) is 1. The summed E-state index contributed by atoms with van der Waals surface area (Å²) in [4.78, 5) is 91.2. The van der Waals surface area contributed by atoms with Gasteiger partial charge in [0, 0.05) is 74.1 Å². The van der Waals surface area contributed by atoms with Crippen molar-refractivity contribution in [2.24, 2.45) is 31.5 Å². The third-order valence-electron chi connectivity index (χ3n) is 13.0. The maximum atomic E-state index is 12.5. The SMILES string of the molecule is C=C.C=C.C=C.C=Cn1c(O)c(C#N)c(C)c(N=Nc2ccc(C(=C)C(C)OOCC)cc2)c1=O.CCOC(=O)CC(C)=O.Cc1c(C#N)c(O)n(CCCO)c(=O)c1N=Nc1ccc(O)cc1.Cc1cc(=O)n(CCCO)c(O)c1C#N.N#[N+]c1ccc(O)cc1.NCCO.Nc1ccc(O)cc1.O=NO.[C-]#[N+]CC(=O)OCC. The number of diazo groups is 1. The van der Waals surface area contributed by atoms with Crippen LogP contribution < -0.4 is 28.1 Å². The molecule has 4 aromatic carbocycles. The van der Waals surface area contributed by atoms with Gasteiger partial charge in [0.2, 0.25) is 23.0 Å². The number of rotatable bonds is 22. The number of phenols is 3. The Balaban J connectivity index is -0.000000420. The van der Waals surface area contributed by atoms with Gasteiger partial charge in [-0.05, 0) is 158 Å². The molecule has 37 nitrogen and oxygen atoms in total. The Morgan fingerprint density at radius 2 is 1.03 bits per heavy atom. The van der Waals surface area contributed by atoms with Gasteiger partial charge < -0.3 is 77.0 Å². The number of pyridine rings is 3. The van der Waals surface area contributed by atoms with Crippen molar-refractivity contribution in [1.29, 1.82) is 21.2 Å². The number of aryl methyl sites for hydroxylation is 1. The average Bonchev–Trinajstić information content (AvgIpc) is 0.796. The lowest BCUT2D eigenvalue weighted by molar-refractivity contribution is -0.304. The third kappa shape index (κ3) is 43.4. The Kier molecular flexibility index (Phi) is 62.9. The summed E-state index contributed by atoms with van der Waals surface area (Å²) in [6.45, 7) is 46.2. The Morgan fingerprint density at radius 3 is 1.41 bits per heavy atom. The molecule has 3 heterocycles. The predicted octanol–water partition coefficient (Wildman–Crippen LogP) is 12.3. The van der Waals surface area contributed by atoms with E-state index in [0.29, 0.717) is 61.1 Å². The maximum absolute atomic E-state index is 12.5. The third-order valence-corrected chi connectivity index (χ3v) is 13.0. The summed E-state index contributed by atoms with van der Waals surface area (Å²) in [6.07, 6.45) is 1.30. The van der Waals surface area contributed by atoms with E-state index in [4.69, 9.17) is 74.1 Å². The highest BCUT2D eigenvalue weighted by Gasteiger charge is 2.21. The first-order chi connectivity index (χ1) is 54.9. The number of carbonyl (C=O) groups is 3. The van der Waals surface area contributed by atoms with Gasteiger partial charge in [0.25, 0.3) is 16.7 Å². The van der Waals surface area contributed by atoms with E-state index >= 15 is 0 Å². The Hall–Kier alpha value is -14.6. The molecule has 0 amide bonds. The molecule has 14 N–H and O–H groups in total. The first-order valence-corrected chi connectivity index (χ1v) is 33.6. The fraction of sp³-hybridized carbons (Fsp3) is 0.282. The highest BCUT2D eigenvalue weighted by atomic mass is 17.2. The monoisotopic (exact) mass is 1600 g/mol. The molecule has 0 aliphatic rings. The molecule has 7 rings (SSSR count). The highest BCUT2D eigenvalue weighted by molar-refractivity contribution is 5.94. The number of phenolic OH excluding ortho intramolecular Hbond substituents is 3. The second-order valence-corrected chi connectivity index (χ2v) is 20.9. The zero-order chi connectivity index (χ0) is 89.1. The number of aromatic nitrogens is 3. The molecule has 0 fully saturated rings. The molecule has 0 saturated heterocycles. The van der Waals surface area contributed by atoms with Crippen LogP contribution in [0.15, 0.2) is 196 Å². The number of carbonyl (C=O) groups excluding carboxylic acids is 3. The Labute approximate surface area is 664 Å². The quantitative estimate of drug-likeness (QED) is 0.00256. The fourth-order valence-electron chi connectivity index (χ4n) is 7.65. The van der Waals surface area contributed by atoms with Crippen LogP contribution in [0.25, 0.3) is 21.6 Å². The summed E-state index contributed by atoms with van der Waals surface area (Å²) in [5.41, 5.74) is 12.9. The van der Waals surface area contributed by atoms with E-state index in [-0.39, 0.29) is 132 Å². The van der Waals surface area contributed by atoms with Crippen molar-refractivity contribution in [2.75, 3.05) is 58.5 Å². The molecule has 115 heavy (non-hydrogen) atoms. The minimum atomic E-state index is -0.621. The van der Waals surface area contributed by atoms with Gasteiger partial charge in [-0.2, -0.15) is 26.0 Å². The van der Waals surface area contributed by atoms with Gasteiger partial charge in [-0.1, -0.05) is 25.3 Å². The van der Waals surface area contributed by atoms with Gasteiger partial charge in [0.05, 0.1) is 37.8 Å². The van der Waals surface area contributed by atoms with Crippen molar-refractivity contribution in [2.45, 2.75) is 93.8 Å². The molecule has 1 atom stereocenters. The molecular weight excluding hydrogens is 1500 g/mol. The highest BCUT2D eigenvalue weighted by Crippen LogP contribution is 2.30. The molecule has 0 bridgehead atoms. The topological polar surface area (TPSA) is 591 Å². The van der Waals surface area contributed by atoms with E-state index in [9.17, 15) is 59.7 Å². The number of aliphatic hydroxyl groups excluding tert-OH is 3. The van der Waals surface area contributed by atoms with Crippen LogP contribution in [0, 0.1) is 71.6 Å². The molecular formula is C78H99N16O21+. The van der Waals surface area contributed by atoms with E-state index in [2.05, 4.69) is 92.4 Å². The van der Waals surface area contributed by atoms with Crippen LogP contribution in [0.4, 0.5) is 34.1 Å². The molecule has 7 aromatic rings. The number of hydrogen-bond donors (Lipinski definition) is 12. The van der Waals surface area contributed by atoms with E-state index in [1.165, 1.54) is 80.7 Å². The van der Waals surface area contributed by atoms with Crippen LogP contribution >= 0.6 is 0 Å². The minimum Gasteiger partial charge on any atom is -0.508 e. The van der Waals surface area contributed by atoms with Gasteiger partial charge in [-0.15, -0.1) is 54.6 Å². The molecule has 0 radical (unpaired) electrons. The number of azo groups is 2. The van der Waals surface area contributed by atoms with Crippen molar-refractivity contribution in [3.05, 3.63) is 247 Å². The second-order valence-electron chi connectivity index (χ2n) is 20.9. The van der Waals surface area contributed by atoms with E-state index in [1.807, 2.05) is 32.1 Å². The number of nitrogen functional groups attached to an aromatic ring is 1. The average molecular weight is 1600 g/mol. The lowest BCUT2D eigenvalue weighted by Gasteiger charge is -2.14. The first kappa shape index (κ1) is 109. The number of ether oxygens (including phenoxy) is 2. The van der Waals surface area contributed by atoms with Gasteiger partial charge in [0.1, 0.15) is 70.5 Å². The standard InChI is InChI=1S/C21H22N4O4.C16H16N4O4.C10H12N2O3.C6H4N2O.C6H7NO.C6H10O3.C5H7NO2.C2H7NO.3C2H4.HNO2/c1-6-25-20(26)18(12-22)14(4)19(21(25)27)24-23-17-10-8-16(9-11-17)13(3)15(5)29-28-7-2;1-10-13(9-17)15(23)20(7-2-8-21)16(24)14(10)19-18-11-3-5-12(22)6-4-11;1-7-5-9(14)12(3-2-4-13)10(15)8(7)6-11;7-8-5-1-3-6(9)4-2-5;7-5-1-3-6(8)4-2-5;1-3-9-6(8)4-5(2)7;1-3-8-5(7)4-6-2;3-1-2-4;3*1-2;2-1-3/h6,8-11,15,26H,1,3,7H2,2,4-5H3;3-6,21-23H,2,7-8H2,1H3;5,13,15H,2-4H2,1H3;1-4H;1-4,8H,7H2;3-4H2,1-2H3;3-4H2,1H3;4H,1-3H2;3*1-2H2;(H,2,3)/p+1. The molecule has 616 valence electrons. The largest absolute Gasteiger partial charge is 0.508 e. The number of aliphatic hydroxyl groups is 3. The van der Waals surface area contributed by atoms with Crippen LogP contribution in [-0.2, 0) is 46.7 Å². The normalized spacial score (nSPS) is 9.52. The van der Waals surface area contributed by atoms with Gasteiger partial charge in [-0.3, -0.25) is 37.7 Å². The van der Waals surface area contributed by atoms with Crippen molar-refractivity contribution in [1.82, 2.24) is 13.7 Å². The van der Waals surface area contributed by atoms with E-state index in [1.54, 1.807) is 69.3 Å². The summed E-state index contributed by atoms with van der Waals surface area (Å²) in [5.74, 6) is -1.79. The van der Waals surface area contributed by atoms with Crippen LogP contribution in [-0.4, -0.2) is 141 Å². The second kappa shape index (κ2) is 66.4. The summed E-state index contributed by atoms with van der Waals surface area (Å²) < 4.78 is 11.9. The van der Waals surface area contributed by atoms with Gasteiger partial charge >= 0.3 is 24.2 Å². The summed E-state index contributed by atoms with van der Waals surface area (Å²) >= 11 is 0. The number of nitrogens with two attached hydrogens (primary N) is 2. The van der Waals surface area contributed by atoms with Crippen molar-refractivity contribution in [3.8, 4) is 53.1 Å². The molecule has 37 heteroatoms. The zero-order valence-electron chi connectivity index (χ0n) is 65.2. The summed E-state index contributed by atoms with van der Waals surface area (Å²) in [6, 6.07) is 32.1. The number of aromatic hydroxyl groups is 6. The minimum absolute atomic E-state index is 0.0496. The van der Waals surface area contributed by atoms with E-state index in [0.717, 1.165) is 31.0 Å². The van der Waals surface area contributed by atoms with Crippen LogP contribution in [0.1, 0.15) is 92.8 Å². The smallest absolute Gasteiger partial charge is 0.387 e. The number of nitrogens with zero attached hydrogens (tertiary/aromatic N) is 14. The number of hydrogen-bond acceptors (Lipinski definition) is 31. The Bertz CT molecular complexity index is 4560. The number of nitriles is 3. The fourth-order valence-corrected chi connectivity index (χ4v) is 7.65. The molecule has 0 saturated carbocycles. The lowest BCUT2D eigenvalue weighted by Crippen LogP contribution is -2.22.